The normalized spacial score (nSPS) is 11.3. The molecule has 5 rings (SSSR count). The lowest BCUT2D eigenvalue weighted by Gasteiger charge is -2.25. The summed E-state index contributed by atoms with van der Waals surface area (Å²) in [5.74, 6) is 0.477. The van der Waals surface area contributed by atoms with Gasteiger partial charge in [-0.05, 0) is 30.3 Å². The fourth-order valence-electron chi connectivity index (χ4n) is 3.33. The number of fused-ring (bicyclic) bond motifs is 3. The Labute approximate surface area is 165 Å². The van der Waals surface area contributed by atoms with Gasteiger partial charge < -0.3 is 13.7 Å². The molecular formula is C22H13Cl2NO2. The Balaban J connectivity index is 1.84. The highest BCUT2D eigenvalue weighted by Crippen LogP contribution is 2.46. The number of benzene rings is 3. The summed E-state index contributed by atoms with van der Waals surface area (Å²) in [6.07, 6.45) is 1.69. The number of furan rings is 2. The maximum Gasteiger partial charge on any atom is 0.300 e. The summed E-state index contributed by atoms with van der Waals surface area (Å²) in [5, 5.41) is 2.85. The summed E-state index contributed by atoms with van der Waals surface area (Å²) in [6.45, 7) is 0. The molecule has 3 aromatic carbocycles. The number of anilines is 3. The van der Waals surface area contributed by atoms with Gasteiger partial charge >= 0.3 is 0 Å². The second-order valence-corrected chi connectivity index (χ2v) is 6.91. The lowest BCUT2D eigenvalue weighted by atomic mass is 10.1. The van der Waals surface area contributed by atoms with E-state index in [1.807, 2.05) is 71.6 Å². The molecule has 0 unspecified atom stereocenters. The van der Waals surface area contributed by atoms with Crippen molar-refractivity contribution in [3.8, 4) is 0 Å². The summed E-state index contributed by atoms with van der Waals surface area (Å²) >= 11 is 12.9. The van der Waals surface area contributed by atoms with Gasteiger partial charge in [0.25, 0.3) is 5.78 Å². The van der Waals surface area contributed by atoms with Crippen molar-refractivity contribution in [2.24, 2.45) is 0 Å². The van der Waals surface area contributed by atoms with Crippen LogP contribution in [0.15, 0.2) is 87.9 Å². The second-order valence-electron chi connectivity index (χ2n) is 6.13. The Bertz CT molecular complexity index is 1260. The number of para-hydroxylation sites is 2. The van der Waals surface area contributed by atoms with Crippen LogP contribution in [0.4, 0.5) is 17.1 Å². The van der Waals surface area contributed by atoms with E-state index >= 15 is 0 Å². The van der Waals surface area contributed by atoms with Crippen LogP contribution >= 0.6 is 23.2 Å². The van der Waals surface area contributed by atoms with E-state index in [0.717, 1.165) is 33.4 Å². The summed E-state index contributed by atoms with van der Waals surface area (Å²) in [5.41, 5.74) is 3.32. The van der Waals surface area contributed by atoms with Crippen LogP contribution < -0.4 is 4.90 Å². The van der Waals surface area contributed by atoms with Crippen LogP contribution in [0.3, 0.4) is 0 Å². The van der Waals surface area contributed by atoms with Crippen LogP contribution in [0.5, 0.6) is 0 Å². The molecule has 0 N–H and O–H groups in total. The van der Waals surface area contributed by atoms with Crippen LogP contribution in [-0.4, -0.2) is 0 Å². The Morgan fingerprint density at radius 1 is 0.741 bits per heavy atom. The van der Waals surface area contributed by atoms with Gasteiger partial charge in [-0.2, -0.15) is 0 Å². The van der Waals surface area contributed by atoms with Gasteiger partial charge in [0.1, 0.15) is 11.8 Å². The Hall–Kier alpha value is -2.88. The molecule has 0 aliphatic rings. The van der Waals surface area contributed by atoms with Crippen molar-refractivity contribution in [2.75, 3.05) is 4.90 Å². The molecule has 132 valence electrons. The summed E-state index contributed by atoms with van der Waals surface area (Å²) in [6, 6.07) is 23.4. The molecule has 0 fully saturated rings. The number of hydrogen-bond acceptors (Lipinski definition) is 3. The largest absolute Gasteiger partial charge is 0.431 e. The van der Waals surface area contributed by atoms with Gasteiger partial charge in [-0.25, -0.2) is 0 Å². The lowest BCUT2D eigenvalue weighted by molar-refractivity contribution is 0.499. The Kier molecular flexibility index (Phi) is 3.85. The fraction of sp³-hybridized carbons (Fsp3) is 0. The van der Waals surface area contributed by atoms with E-state index < -0.39 is 0 Å². The number of hydrogen-bond donors (Lipinski definition) is 0. The van der Waals surface area contributed by atoms with Crippen molar-refractivity contribution in [2.45, 2.75) is 0 Å². The van der Waals surface area contributed by atoms with Gasteiger partial charge in [-0.3, -0.25) is 0 Å². The van der Waals surface area contributed by atoms with Crippen molar-refractivity contribution >= 4 is 62.4 Å². The van der Waals surface area contributed by atoms with Crippen molar-refractivity contribution in [3.05, 3.63) is 89.1 Å². The molecular weight excluding hydrogens is 381 g/mol. The predicted octanol–water partition coefficient (Wildman–Crippen LogP) is 7.96. The first kappa shape index (κ1) is 16.3. The average molecular weight is 394 g/mol. The predicted molar refractivity (Wildman–Crippen MR) is 111 cm³/mol. The maximum absolute atomic E-state index is 6.57. The Morgan fingerprint density at radius 2 is 1.52 bits per heavy atom. The van der Waals surface area contributed by atoms with Crippen LogP contribution in [0, 0.1) is 0 Å². The first-order chi connectivity index (χ1) is 13.2. The average Bonchev–Trinajstić information content (AvgIpc) is 3.26. The SMILES string of the molecule is Clc1cccc(N(c2ccccc2)c2coc3oc4ccccc4c23)c1Cl. The fourth-order valence-corrected chi connectivity index (χ4v) is 3.71. The zero-order valence-corrected chi connectivity index (χ0v) is 15.5. The third-order valence-corrected chi connectivity index (χ3v) is 5.33. The van der Waals surface area contributed by atoms with Gasteiger partial charge in [-0.15, -0.1) is 0 Å². The minimum Gasteiger partial charge on any atom is -0.431 e. The molecule has 0 saturated carbocycles. The van der Waals surface area contributed by atoms with Crippen LogP contribution in [0.25, 0.3) is 22.1 Å². The van der Waals surface area contributed by atoms with Gasteiger partial charge in [0, 0.05) is 11.1 Å². The third-order valence-electron chi connectivity index (χ3n) is 4.52. The molecule has 2 heterocycles. The number of nitrogens with zero attached hydrogens (tertiary/aromatic N) is 1. The van der Waals surface area contributed by atoms with Crippen molar-refractivity contribution in [1.82, 2.24) is 0 Å². The zero-order valence-electron chi connectivity index (χ0n) is 14.0. The highest BCUT2D eigenvalue weighted by Gasteiger charge is 2.24. The maximum atomic E-state index is 6.57. The molecule has 0 aliphatic heterocycles. The second kappa shape index (κ2) is 6.38. The monoisotopic (exact) mass is 393 g/mol. The van der Waals surface area contributed by atoms with Crippen LogP contribution in [0.1, 0.15) is 0 Å². The van der Waals surface area contributed by atoms with E-state index in [0.29, 0.717) is 15.8 Å². The lowest BCUT2D eigenvalue weighted by Crippen LogP contribution is -2.10. The quantitative estimate of drug-likeness (QED) is 0.311. The van der Waals surface area contributed by atoms with Crippen molar-refractivity contribution in [3.63, 3.8) is 0 Å². The first-order valence-corrected chi connectivity index (χ1v) is 9.17. The van der Waals surface area contributed by atoms with E-state index in [2.05, 4.69) is 0 Å². The zero-order chi connectivity index (χ0) is 18.4. The Morgan fingerprint density at radius 3 is 2.37 bits per heavy atom. The van der Waals surface area contributed by atoms with Crippen molar-refractivity contribution < 1.29 is 8.83 Å². The smallest absolute Gasteiger partial charge is 0.300 e. The van der Waals surface area contributed by atoms with Gasteiger partial charge in [0.15, 0.2) is 0 Å². The molecule has 2 aromatic heterocycles. The molecule has 0 saturated heterocycles. The van der Waals surface area contributed by atoms with Gasteiger partial charge in [0.2, 0.25) is 0 Å². The van der Waals surface area contributed by atoms with E-state index in [1.54, 1.807) is 12.3 Å². The van der Waals surface area contributed by atoms with Crippen LogP contribution in [-0.2, 0) is 0 Å². The van der Waals surface area contributed by atoms with E-state index in [4.69, 9.17) is 32.0 Å². The summed E-state index contributed by atoms with van der Waals surface area (Å²) < 4.78 is 11.6. The molecule has 0 aliphatic carbocycles. The van der Waals surface area contributed by atoms with Crippen LogP contribution in [0.2, 0.25) is 10.0 Å². The minimum absolute atomic E-state index is 0.477. The molecule has 0 bridgehead atoms. The molecule has 0 atom stereocenters. The molecule has 5 aromatic rings. The molecule has 0 radical (unpaired) electrons. The highest BCUT2D eigenvalue weighted by atomic mass is 35.5. The van der Waals surface area contributed by atoms with E-state index in [1.165, 1.54) is 0 Å². The van der Waals surface area contributed by atoms with Gasteiger partial charge in [0.05, 0.1) is 26.8 Å². The molecule has 3 nitrogen and oxygen atoms in total. The summed E-state index contributed by atoms with van der Waals surface area (Å²) in [4.78, 5) is 2.03. The minimum atomic E-state index is 0.477. The highest BCUT2D eigenvalue weighted by molar-refractivity contribution is 6.44. The first-order valence-electron chi connectivity index (χ1n) is 8.42. The third kappa shape index (κ3) is 2.59. The van der Waals surface area contributed by atoms with Gasteiger partial charge in [-0.1, -0.05) is 65.7 Å². The standard InChI is InChI=1S/C22H13Cl2NO2/c23-16-10-6-11-17(21(16)24)25(14-7-2-1-3-8-14)18-13-26-22-20(18)15-9-4-5-12-19(15)27-22/h1-13H. The van der Waals surface area contributed by atoms with E-state index in [9.17, 15) is 0 Å². The van der Waals surface area contributed by atoms with Crippen molar-refractivity contribution in [1.29, 1.82) is 0 Å². The number of rotatable bonds is 3. The topological polar surface area (TPSA) is 29.5 Å². The van der Waals surface area contributed by atoms with E-state index in [-0.39, 0.29) is 0 Å². The number of halogens is 2. The molecule has 27 heavy (non-hydrogen) atoms. The molecule has 0 amide bonds. The molecule has 0 spiro atoms. The molecule has 5 heteroatoms. The summed E-state index contributed by atoms with van der Waals surface area (Å²) in [7, 11) is 0.